The molecule has 8 heteroatoms. The molecule has 0 aliphatic carbocycles. The van der Waals surface area contributed by atoms with Gasteiger partial charge in [-0.1, -0.05) is 40.2 Å². The molecule has 1 N–H and O–H groups in total. The summed E-state index contributed by atoms with van der Waals surface area (Å²) in [5.74, 6) is -2.60. The first-order chi connectivity index (χ1) is 14.6. The SMILES string of the molecule is O=C1OC2(CNCCc3c2c2c(Br)cccc2n3CCOc2ccccc2)OC1=O. The standard InChI is InChI=1S/C22H19BrN2O5/c23-15-7-4-8-16-18(15)19-17(25(16)11-12-28-14-5-2-1-3-6-14)9-10-24-13-22(19)29-20(26)21(27)30-22/h1-8,24H,9-13H2. The van der Waals surface area contributed by atoms with Crippen LogP contribution in [0.15, 0.2) is 53.0 Å². The van der Waals surface area contributed by atoms with E-state index in [-0.39, 0.29) is 6.54 Å². The third kappa shape index (κ3) is 3.07. The van der Waals surface area contributed by atoms with Crippen molar-refractivity contribution in [3.8, 4) is 5.75 Å². The Hall–Kier alpha value is -2.84. The predicted molar refractivity (Wildman–Crippen MR) is 112 cm³/mol. The van der Waals surface area contributed by atoms with E-state index < -0.39 is 17.7 Å². The Bertz CT molecular complexity index is 1130. The highest BCUT2D eigenvalue weighted by Gasteiger charge is 2.53. The van der Waals surface area contributed by atoms with Gasteiger partial charge in [-0.3, -0.25) is 0 Å². The molecule has 0 amide bonds. The minimum Gasteiger partial charge on any atom is -0.492 e. The summed E-state index contributed by atoms with van der Waals surface area (Å²) in [7, 11) is 0. The lowest BCUT2D eigenvalue weighted by molar-refractivity contribution is -0.180. The van der Waals surface area contributed by atoms with Crippen molar-refractivity contribution < 1.29 is 23.8 Å². The fourth-order valence-corrected chi connectivity index (χ4v) is 4.79. The largest absolute Gasteiger partial charge is 0.492 e. The molecular formula is C22H19BrN2O5. The van der Waals surface area contributed by atoms with E-state index >= 15 is 0 Å². The fraction of sp³-hybridized carbons (Fsp3) is 0.273. The fourth-order valence-electron chi connectivity index (χ4n) is 4.23. The van der Waals surface area contributed by atoms with Crippen LogP contribution in [-0.2, 0) is 37.8 Å². The van der Waals surface area contributed by atoms with Crippen LogP contribution in [0.1, 0.15) is 11.3 Å². The van der Waals surface area contributed by atoms with Crippen molar-refractivity contribution in [2.45, 2.75) is 18.8 Å². The van der Waals surface area contributed by atoms with Gasteiger partial charge in [0.2, 0.25) is 0 Å². The first-order valence-corrected chi connectivity index (χ1v) is 10.5. The average molecular weight is 471 g/mol. The highest BCUT2D eigenvalue weighted by Crippen LogP contribution is 2.44. The van der Waals surface area contributed by atoms with Gasteiger partial charge in [-0.05, 0) is 24.3 Å². The van der Waals surface area contributed by atoms with Crippen LogP contribution in [0.2, 0.25) is 0 Å². The van der Waals surface area contributed by atoms with Crippen LogP contribution in [0.5, 0.6) is 5.75 Å². The van der Waals surface area contributed by atoms with Gasteiger partial charge in [0.05, 0.1) is 24.2 Å². The number of rotatable bonds is 4. The van der Waals surface area contributed by atoms with Crippen LogP contribution >= 0.6 is 15.9 Å². The third-order valence-corrected chi connectivity index (χ3v) is 6.09. The molecule has 0 saturated carbocycles. The number of carbonyl (C=O) groups excluding carboxylic acids is 2. The molecule has 30 heavy (non-hydrogen) atoms. The third-order valence-electron chi connectivity index (χ3n) is 5.43. The van der Waals surface area contributed by atoms with Gasteiger partial charge >= 0.3 is 11.9 Å². The number of nitrogens with zero attached hydrogens (tertiary/aromatic N) is 1. The van der Waals surface area contributed by atoms with E-state index in [1.165, 1.54) is 0 Å². The summed E-state index contributed by atoms with van der Waals surface area (Å²) in [6.45, 7) is 1.93. The van der Waals surface area contributed by atoms with Gasteiger partial charge in [0.1, 0.15) is 12.4 Å². The van der Waals surface area contributed by atoms with Crippen molar-refractivity contribution >= 4 is 38.8 Å². The molecular weight excluding hydrogens is 452 g/mol. The number of nitrogens with one attached hydrogen (secondary N) is 1. The molecule has 3 heterocycles. The minimum absolute atomic E-state index is 0.207. The summed E-state index contributed by atoms with van der Waals surface area (Å²) in [4.78, 5) is 23.9. The summed E-state index contributed by atoms with van der Waals surface area (Å²) in [5, 5.41) is 4.11. The number of carbonyl (C=O) groups is 2. The number of fused-ring (bicyclic) bond motifs is 4. The Kier molecular flexibility index (Phi) is 4.75. The first-order valence-electron chi connectivity index (χ1n) is 9.74. The normalized spacial score (nSPS) is 17.5. The maximum Gasteiger partial charge on any atom is 0.421 e. The molecule has 3 aromatic rings. The number of hydrogen-bond acceptors (Lipinski definition) is 6. The number of benzene rings is 2. The van der Waals surface area contributed by atoms with Crippen LogP contribution in [0, 0.1) is 0 Å². The summed E-state index contributed by atoms with van der Waals surface area (Å²) < 4.78 is 20.0. The molecule has 0 atom stereocenters. The van der Waals surface area contributed by atoms with Crippen LogP contribution in [0.4, 0.5) is 0 Å². The molecule has 1 saturated heterocycles. The Labute approximate surface area is 181 Å². The second-order valence-corrected chi connectivity index (χ2v) is 8.08. The Morgan fingerprint density at radius 1 is 1.07 bits per heavy atom. The topological polar surface area (TPSA) is 78.8 Å². The second kappa shape index (κ2) is 7.45. The minimum atomic E-state index is -1.46. The lowest BCUT2D eigenvalue weighted by Crippen LogP contribution is -2.38. The van der Waals surface area contributed by atoms with Gasteiger partial charge in [-0.25, -0.2) is 9.59 Å². The van der Waals surface area contributed by atoms with Crippen LogP contribution in [0.25, 0.3) is 10.9 Å². The number of esters is 2. The van der Waals surface area contributed by atoms with Crippen molar-refractivity contribution in [3.63, 3.8) is 0 Å². The Balaban J connectivity index is 1.60. The molecule has 2 aromatic carbocycles. The van der Waals surface area contributed by atoms with E-state index in [0.717, 1.165) is 26.8 Å². The maximum atomic E-state index is 12.0. The molecule has 154 valence electrons. The number of para-hydroxylation sites is 1. The average Bonchev–Trinajstić information content (AvgIpc) is 3.14. The number of halogens is 1. The molecule has 0 unspecified atom stereocenters. The maximum absolute atomic E-state index is 12.0. The van der Waals surface area contributed by atoms with E-state index in [4.69, 9.17) is 14.2 Å². The van der Waals surface area contributed by atoms with Crippen molar-refractivity contribution in [1.29, 1.82) is 0 Å². The number of ether oxygens (including phenoxy) is 3. The molecule has 0 radical (unpaired) electrons. The smallest absolute Gasteiger partial charge is 0.421 e. The quantitative estimate of drug-likeness (QED) is 0.466. The van der Waals surface area contributed by atoms with Crippen molar-refractivity contribution in [2.75, 3.05) is 19.7 Å². The van der Waals surface area contributed by atoms with E-state index in [1.54, 1.807) is 0 Å². The van der Waals surface area contributed by atoms with Crippen molar-refractivity contribution in [1.82, 2.24) is 9.88 Å². The zero-order valence-corrected chi connectivity index (χ0v) is 17.6. The first kappa shape index (κ1) is 19.1. The molecule has 0 bridgehead atoms. The summed E-state index contributed by atoms with van der Waals surface area (Å²) in [6.07, 6.45) is 0.693. The summed E-state index contributed by atoms with van der Waals surface area (Å²) in [5.41, 5.74) is 2.64. The van der Waals surface area contributed by atoms with Gasteiger partial charge in [0.25, 0.3) is 5.79 Å². The zero-order chi connectivity index (χ0) is 20.7. The highest BCUT2D eigenvalue weighted by molar-refractivity contribution is 9.10. The summed E-state index contributed by atoms with van der Waals surface area (Å²) >= 11 is 3.63. The lowest BCUT2D eigenvalue weighted by atomic mass is 10.0. The zero-order valence-electron chi connectivity index (χ0n) is 16.0. The molecule has 2 aliphatic rings. The molecule has 7 nitrogen and oxygen atoms in total. The van der Waals surface area contributed by atoms with Gasteiger partial charge in [0.15, 0.2) is 0 Å². The van der Waals surface area contributed by atoms with Gasteiger partial charge < -0.3 is 24.1 Å². The number of hydrogen-bond donors (Lipinski definition) is 1. The second-order valence-electron chi connectivity index (χ2n) is 7.23. The van der Waals surface area contributed by atoms with E-state index in [1.807, 2.05) is 48.5 Å². The van der Waals surface area contributed by atoms with Crippen molar-refractivity contribution in [3.05, 3.63) is 64.3 Å². The Morgan fingerprint density at radius 2 is 1.83 bits per heavy atom. The summed E-state index contributed by atoms with van der Waals surface area (Å²) in [6, 6.07) is 15.5. The van der Waals surface area contributed by atoms with Gasteiger partial charge in [0, 0.05) is 28.5 Å². The van der Waals surface area contributed by atoms with E-state index in [2.05, 4.69) is 25.8 Å². The van der Waals surface area contributed by atoms with E-state index in [0.29, 0.717) is 31.7 Å². The molecule has 1 aromatic heterocycles. The molecule has 1 fully saturated rings. The molecule has 5 rings (SSSR count). The Morgan fingerprint density at radius 3 is 2.60 bits per heavy atom. The monoisotopic (exact) mass is 470 g/mol. The molecule has 1 spiro atoms. The van der Waals surface area contributed by atoms with Crippen LogP contribution in [-0.4, -0.2) is 36.2 Å². The highest BCUT2D eigenvalue weighted by atomic mass is 79.9. The van der Waals surface area contributed by atoms with E-state index in [9.17, 15) is 9.59 Å². The van der Waals surface area contributed by atoms with Gasteiger partial charge in [-0.2, -0.15) is 0 Å². The van der Waals surface area contributed by atoms with Crippen LogP contribution < -0.4 is 10.1 Å². The predicted octanol–water partition coefficient (Wildman–Crippen LogP) is 2.88. The van der Waals surface area contributed by atoms with Crippen molar-refractivity contribution in [2.24, 2.45) is 0 Å². The lowest BCUT2D eigenvalue weighted by Gasteiger charge is -2.25. The van der Waals surface area contributed by atoms with Gasteiger partial charge in [-0.15, -0.1) is 0 Å². The van der Waals surface area contributed by atoms with Crippen LogP contribution in [0.3, 0.4) is 0 Å². The number of aromatic nitrogens is 1. The molecule has 2 aliphatic heterocycles.